The predicted octanol–water partition coefficient (Wildman–Crippen LogP) is 5.10. The molecule has 1 aliphatic heterocycles. The lowest BCUT2D eigenvalue weighted by Gasteiger charge is -2.34. The molecule has 0 bridgehead atoms. The topological polar surface area (TPSA) is 56.7 Å². The number of fused-ring (bicyclic) bond motifs is 1. The molecule has 2 N–H and O–H groups in total. The third kappa shape index (κ3) is 4.09. The molecule has 1 amide bonds. The Bertz CT molecular complexity index is 983. The molecule has 0 aromatic heterocycles. The van der Waals surface area contributed by atoms with Crippen LogP contribution >= 0.6 is 0 Å². The Morgan fingerprint density at radius 3 is 2.50 bits per heavy atom. The third-order valence-electron chi connectivity index (χ3n) is 4.48. The monoisotopic (exact) mass is 376 g/mol. The van der Waals surface area contributed by atoms with E-state index in [4.69, 9.17) is 4.99 Å². The number of carbonyl (C=O) groups is 1. The molecule has 2 aromatic carbocycles. The van der Waals surface area contributed by atoms with Gasteiger partial charge in [0.1, 0.15) is 0 Å². The van der Waals surface area contributed by atoms with Crippen molar-refractivity contribution in [3.05, 3.63) is 54.1 Å². The molecule has 5 nitrogen and oxygen atoms in total. The van der Waals surface area contributed by atoms with Crippen molar-refractivity contribution < 1.29 is 4.79 Å². The number of hydrogen-bond acceptors (Lipinski definition) is 2. The molecule has 0 radical (unpaired) electrons. The first-order valence-corrected chi connectivity index (χ1v) is 9.38. The van der Waals surface area contributed by atoms with Crippen molar-refractivity contribution in [2.45, 2.75) is 40.2 Å². The highest BCUT2D eigenvalue weighted by Crippen LogP contribution is 2.39. The summed E-state index contributed by atoms with van der Waals surface area (Å²) in [5.74, 6) is 0.687. The number of aliphatic imine (C=N–C) groups is 1. The van der Waals surface area contributed by atoms with Gasteiger partial charge in [-0.2, -0.15) is 0 Å². The van der Waals surface area contributed by atoms with Crippen LogP contribution in [0.4, 0.5) is 11.4 Å². The number of nitrogens with zero attached hydrogens (tertiary/aromatic N) is 2. The van der Waals surface area contributed by atoms with Gasteiger partial charge in [-0.15, -0.1) is 0 Å². The van der Waals surface area contributed by atoms with Crippen LogP contribution in [0.1, 0.15) is 38.8 Å². The number of carbonyl (C=O) groups excluding carboxylic acids is 1. The molecule has 0 aliphatic carbocycles. The average Bonchev–Trinajstić information content (AvgIpc) is 2.56. The fourth-order valence-electron chi connectivity index (χ4n) is 3.31. The first-order chi connectivity index (χ1) is 13.0. The maximum Gasteiger partial charge on any atom is 0.221 e. The molecule has 5 heteroatoms. The summed E-state index contributed by atoms with van der Waals surface area (Å²) in [4.78, 5) is 18.3. The van der Waals surface area contributed by atoms with Crippen molar-refractivity contribution in [1.29, 1.82) is 0 Å². The van der Waals surface area contributed by atoms with E-state index in [0.717, 1.165) is 45.3 Å². The van der Waals surface area contributed by atoms with E-state index in [1.807, 2.05) is 37.1 Å². The quantitative estimate of drug-likeness (QED) is 0.766. The largest absolute Gasteiger partial charge is 0.326 e. The minimum Gasteiger partial charge on any atom is -0.326 e. The SMILES string of the molecule is C=C1c2cccc(-c3cc(C)cc(NC(C)=O)c3)c2NC(=NC(C)(C)C)N1C. The Hall–Kier alpha value is -3.08. The summed E-state index contributed by atoms with van der Waals surface area (Å²) in [5.41, 5.74) is 6.64. The third-order valence-corrected chi connectivity index (χ3v) is 4.48. The van der Waals surface area contributed by atoms with Gasteiger partial charge in [-0.3, -0.25) is 4.79 Å². The lowest BCUT2D eigenvalue weighted by atomic mass is 9.95. The number of hydrogen-bond donors (Lipinski definition) is 2. The highest BCUT2D eigenvalue weighted by molar-refractivity contribution is 6.09. The average molecular weight is 377 g/mol. The zero-order valence-corrected chi connectivity index (χ0v) is 17.5. The summed E-state index contributed by atoms with van der Waals surface area (Å²) in [6, 6.07) is 12.2. The lowest BCUT2D eigenvalue weighted by Crippen LogP contribution is -2.38. The van der Waals surface area contributed by atoms with Crippen LogP contribution in [0.15, 0.2) is 48.0 Å². The summed E-state index contributed by atoms with van der Waals surface area (Å²) in [6.07, 6.45) is 0. The molecular formula is C23H28N4O. The Balaban J connectivity index is 2.15. The molecule has 1 heterocycles. The number of rotatable bonds is 2. The molecule has 146 valence electrons. The van der Waals surface area contributed by atoms with Crippen LogP contribution < -0.4 is 10.6 Å². The lowest BCUT2D eigenvalue weighted by molar-refractivity contribution is -0.114. The zero-order valence-electron chi connectivity index (χ0n) is 17.5. The Morgan fingerprint density at radius 1 is 1.18 bits per heavy atom. The van der Waals surface area contributed by atoms with E-state index in [0.29, 0.717) is 0 Å². The smallest absolute Gasteiger partial charge is 0.221 e. The Morgan fingerprint density at radius 2 is 1.86 bits per heavy atom. The van der Waals surface area contributed by atoms with Crippen molar-refractivity contribution in [2.24, 2.45) is 4.99 Å². The van der Waals surface area contributed by atoms with Gasteiger partial charge in [0.15, 0.2) is 0 Å². The molecule has 0 saturated carbocycles. The van der Waals surface area contributed by atoms with Gasteiger partial charge in [-0.05, 0) is 51.0 Å². The Kier molecular flexibility index (Phi) is 5.02. The van der Waals surface area contributed by atoms with Crippen LogP contribution in [0.5, 0.6) is 0 Å². The molecule has 0 atom stereocenters. The van der Waals surface area contributed by atoms with Gasteiger partial charge < -0.3 is 15.5 Å². The van der Waals surface area contributed by atoms with Crippen molar-refractivity contribution in [3.8, 4) is 11.1 Å². The van der Waals surface area contributed by atoms with Gasteiger partial charge in [0, 0.05) is 36.5 Å². The van der Waals surface area contributed by atoms with Crippen LogP contribution in [0.3, 0.4) is 0 Å². The molecule has 1 aliphatic rings. The van der Waals surface area contributed by atoms with Gasteiger partial charge >= 0.3 is 0 Å². The molecule has 3 rings (SSSR count). The first kappa shape index (κ1) is 19.7. The number of guanidine groups is 1. The normalized spacial score (nSPS) is 15.3. The minimum atomic E-state index is -0.217. The molecule has 2 aromatic rings. The van der Waals surface area contributed by atoms with Gasteiger partial charge in [-0.25, -0.2) is 4.99 Å². The number of anilines is 2. The van der Waals surface area contributed by atoms with E-state index in [9.17, 15) is 4.79 Å². The molecule has 28 heavy (non-hydrogen) atoms. The maximum atomic E-state index is 11.5. The van der Waals surface area contributed by atoms with Crippen LogP contribution in [0, 0.1) is 6.92 Å². The summed E-state index contributed by atoms with van der Waals surface area (Å²) < 4.78 is 0. The molecule has 0 unspecified atom stereocenters. The number of amides is 1. The van der Waals surface area contributed by atoms with Crippen molar-refractivity contribution in [2.75, 3.05) is 17.7 Å². The molecular weight excluding hydrogens is 348 g/mol. The summed E-state index contributed by atoms with van der Waals surface area (Å²) in [7, 11) is 1.97. The highest BCUT2D eigenvalue weighted by Gasteiger charge is 2.26. The zero-order chi connectivity index (χ0) is 20.6. The second-order valence-corrected chi connectivity index (χ2v) is 8.23. The summed E-state index contributed by atoms with van der Waals surface area (Å²) in [5, 5.41) is 6.39. The predicted molar refractivity (Wildman–Crippen MR) is 119 cm³/mol. The van der Waals surface area contributed by atoms with Crippen molar-refractivity contribution >= 4 is 28.9 Å². The van der Waals surface area contributed by atoms with Gasteiger partial charge in [0.05, 0.1) is 11.2 Å². The molecule has 0 saturated heterocycles. The van der Waals surface area contributed by atoms with E-state index >= 15 is 0 Å². The number of nitrogens with one attached hydrogen (secondary N) is 2. The van der Waals surface area contributed by atoms with E-state index in [1.165, 1.54) is 6.92 Å². The van der Waals surface area contributed by atoms with Gasteiger partial charge in [0.2, 0.25) is 11.9 Å². The van der Waals surface area contributed by atoms with Crippen molar-refractivity contribution in [3.63, 3.8) is 0 Å². The van der Waals surface area contributed by atoms with Crippen LogP contribution in [0.2, 0.25) is 0 Å². The van der Waals surface area contributed by atoms with E-state index in [-0.39, 0.29) is 11.4 Å². The highest BCUT2D eigenvalue weighted by atomic mass is 16.1. The number of benzene rings is 2. The standard InChI is InChI=1S/C23H28N4O/c1-14-11-17(13-18(12-14)24-16(3)28)20-10-8-9-19-15(2)27(7)22(25-21(19)20)26-23(4,5)6/h8-13H,2H2,1,3-7H3,(H,24,28)(H,25,26). The molecule has 0 fully saturated rings. The van der Waals surface area contributed by atoms with Crippen LogP contribution in [0.25, 0.3) is 16.8 Å². The van der Waals surface area contributed by atoms with E-state index in [1.54, 1.807) is 0 Å². The van der Waals surface area contributed by atoms with E-state index < -0.39 is 0 Å². The van der Waals surface area contributed by atoms with Crippen LogP contribution in [-0.4, -0.2) is 29.4 Å². The minimum absolute atomic E-state index is 0.0839. The number of para-hydroxylation sites is 1. The maximum absolute atomic E-state index is 11.5. The second-order valence-electron chi connectivity index (χ2n) is 8.23. The summed E-state index contributed by atoms with van der Waals surface area (Å²) in [6.45, 7) is 14.0. The Labute approximate surface area is 167 Å². The first-order valence-electron chi connectivity index (χ1n) is 9.38. The van der Waals surface area contributed by atoms with Crippen molar-refractivity contribution in [1.82, 2.24) is 4.90 Å². The van der Waals surface area contributed by atoms with Gasteiger partial charge in [-0.1, -0.05) is 30.8 Å². The molecule has 0 spiro atoms. The second kappa shape index (κ2) is 7.15. The van der Waals surface area contributed by atoms with E-state index in [2.05, 4.69) is 56.2 Å². The summed E-state index contributed by atoms with van der Waals surface area (Å²) >= 11 is 0. The fourth-order valence-corrected chi connectivity index (χ4v) is 3.31. The number of aryl methyl sites for hydroxylation is 1. The van der Waals surface area contributed by atoms with Crippen LogP contribution in [-0.2, 0) is 4.79 Å². The fraction of sp³-hybridized carbons (Fsp3) is 0.304. The van der Waals surface area contributed by atoms with Gasteiger partial charge in [0.25, 0.3) is 0 Å².